The van der Waals surface area contributed by atoms with Gasteiger partial charge in [0.15, 0.2) is 15.8 Å². The van der Waals surface area contributed by atoms with E-state index in [1.165, 1.54) is 35.2 Å². The number of rotatable bonds is 9. The Morgan fingerprint density at radius 2 is 1.72 bits per heavy atom. The third kappa shape index (κ3) is 6.36. The number of nitrogens with zero attached hydrogens (tertiary/aromatic N) is 2. The third-order valence-electron chi connectivity index (χ3n) is 4.08. The summed E-state index contributed by atoms with van der Waals surface area (Å²) < 4.78 is 49.6. The van der Waals surface area contributed by atoms with Crippen LogP contribution in [0.3, 0.4) is 0 Å². The normalized spacial score (nSPS) is 11.3. The SMILES string of the molecule is CCOc1ccc(C(=O)Nc2nnc(SCc3ccc(C(F)(F)F)cc3)s2)cc1OCC. The van der Waals surface area contributed by atoms with E-state index in [-0.39, 0.29) is 5.91 Å². The van der Waals surface area contributed by atoms with Gasteiger partial charge in [0.1, 0.15) is 0 Å². The fraction of sp³-hybridized carbons (Fsp3) is 0.286. The Balaban J connectivity index is 1.60. The molecule has 1 heterocycles. The molecular weight excluding hydrogens is 463 g/mol. The molecule has 0 fully saturated rings. The number of carbonyl (C=O) groups is 1. The zero-order valence-electron chi connectivity index (χ0n) is 17.2. The lowest BCUT2D eigenvalue weighted by Crippen LogP contribution is -2.12. The van der Waals surface area contributed by atoms with Gasteiger partial charge in [0.05, 0.1) is 18.8 Å². The summed E-state index contributed by atoms with van der Waals surface area (Å²) in [6.45, 7) is 4.61. The summed E-state index contributed by atoms with van der Waals surface area (Å²) in [5.41, 5.74) is 0.418. The summed E-state index contributed by atoms with van der Waals surface area (Å²) in [6.07, 6.45) is -4.36. The minimum atomic E-state index is -4.36. The number of ether oxygens (including phenoxy) is 2. The number of carbonyl (C=O) groups excluding carboxylic acids is 1. The smallest absolute Gasteiger partial charge is 0.416 e. The Morgan fingerprint density at radius 1 is 1.03 bits per heavy atom. The first-order valence-corrected chi connectivity index (χ1v) is 11.4. The van der Waals surface area contributed by atoms with Crippen molar-refractivity contribution < 1.29 is 27.4 Å². The van der Waals surface area contributed by atoms with Gasteiger partial charge in [-0.15, -0.1) is 10.2 Å². The van der Waals surface area contributed by atoms with Crippen LogP contribution in [0.2, 0.25) is 0 Å². The summed E-state index contributed by atoms with van der Waals surface area (Å²) in [5, 5.41) is 11.0. The molecule has 170 valence electrons. The van der Waals surface area contributed by atoms with Gasteiger partial charge < -0.3 is 9.47 Å². The number of thioether (sulfide) groups is 1. The average Bonchev–Trinajstić information content (AvgIpc) is 3.20. The molecule has 0 aliphatic carbocycles. The first kappa shape index (κ1) is 23.9. The summed E-state index contributed by atoms with van der Waals surface area (Å²) >= 11 is 2.50. The third-order valence-corrected chi connectivity index (χ3v) is 6.12. The number of alkyl halides is 3. The van der Waals surface area contributed by atoms with Crippen molar-refractivity contribution in [2.75, 3.05) is 18.5 Å². The summed E-state index contributed by atoms with van der Waals surface area (Å²) in [7, 11) is 0. The summed E-state index contributed by atoms with van der Waals surface area (Å²) in [5.74, 6) is 1.09. The monoisotopic (exact) mass is 483 g/mol. The Morgan fingerprint density at radius 3 is 2.38 bits per heavy atom. The average molecular weight is 484 g/mol. The zero-order valence-corrected chi connectivity index (χ0v) is 18.9. The van der Waals surface area contributed by atoms with Crippen LogP contribution in [0.4, 0.5) is 18.3 Å². The maximum Gasteiger partial charge on any atom is 0.416 e. The Bertz CT molecular complexity index is 1060. The summed E-state index contributed by atoms with van der Waals surface area (Å²) in [6, 6.07) is 9.87. The standard InChI is InChI=1S/C21H20F3N3O3S2/c1-3-29-16-10-7-14(11-17(16)30-4-2)18(28)25-19-26-27-20(32-19)31-12-13-5-8-15(9-6-13)21(22,23)24/h5-11H,3-4,12H2,1-2H3,(H,25,26,28). The molecule has 1 amide bonds. The molecule has 0 bridgehead atoms. The van der Waals surface area contributed by atoms with E-state index < -0.39 is 11.7 Å². The highest BCUT2D eigenvalue weighted by Gasteiger charge is 2.29. The molecule has 0 unspecified atom stereocenters. The molecule has 6 nitrogen and oxygen atoms in total. The topological polar surface area (TPSA) is 73.3 Å². The molecule has 2 aromatic carbocycles. The molecule has 1 N–H and O–H groups in total. The van der Waals surface area contributed by atoms with E-state index in [9.17, 15) is 18.0 Å². The van der Waals surface area contributed by atoms with Crippen molar-refractivity contribution in [2.45, 2.75) is 30.1 Å². The number of aromatic nitrogens is 2. The lowest BCUT2D eigenvalue weighted by molar-refractivity contribution is -0.137. The van der Waals surface area contributed by atoms with E-state index in [1.54, 1.807) is 18.2 Å². The maximum absolute atomic E-state index is 12.6. The van der Waals surface area contributed by atoms with Crippen LogP contribution in [-0.4, -0.2) is 29.3 Å². The minimum Gasteiger partial charge on any atom is -0.490 e. The molecule has 11 heteroatoms. The van der Waals surface area contributed by atoms with E-state index in [2.05, 4.69) is 15.5 Å². The predicted octanol–water partition coefficient (Wildman–Crippen LogP) is 5.90. The van der Waals surface area contributed by atoms with Crippen molar-refractivity contribution in [1.29, 1.82) is 0 Å². The number of hydrogen-bond donors (Lipinski definition) is 1. The molecule has 0 aliphatic rings. The van der Waals surface area contributed by atoms with E-state index in [0.717, 1.165) is 17.7 Å². The minimum absolute atomic E-state index is 0.316. The van der Waals surface area contributed by atoms with Crippen molar-refractivity contribution in [3.8, 4) is 11.5 Å². The second kappa shape index (κ2) is 10.7. The van der Waals surface area contributed by atoms with Crippen LogP contribution in [0.15, 0.2) is 46.8 Å². The van der Waals surface area contributed by atoms with Crippen LogP contribution in [0, 0.1) is 0 Å². The molecule has 32 heavy (non-hydrogen) atoms. The van der Waals surface area contributed by atoms with Crippen LogP contribution in [0.5, 0.6) is 11.5 Å². The van der Waals surface area contributed by atoms with Crippen molar-refractivity contribution in [3.05, 3.63) is 59.2 Å². The highest BCUT2D eigenvalue weighted by molar-refractivity contribution is 8.00. The van der Waals surface area contributed by atoms with Crippen LogP contribution in [-0.2, 0) is 11.9 Å². The van der Waals surface area contributed by atoms with Gasteiger partial charge >= 0.3 is 6.18 Å². The highest BCUT2D eigenvalue weighted by atomic mass is 32.2. The first-order chi connectivity index (χ1) is 15.3. The quantitative estimate of drug-likeness (QED) is 0.302. The molecule has 0 atom stereocenters. The second-order valence-corrected chi connectivity index (χ2v) is 8.54. The fourth-order valence-electron chi connectivity index (χ4n) is 2.62. The lowest BCUT2D eigenvalue weighted by Gasteiger charge is -2.12. The number of hydrogen-bond acceptors (Lipinski definition) is 7. The van der Waals surface area contributed by atoms with Gasteiger partial charge in [-0.1, -0.05) is 35.2 Å². The van der Waals surface area contributed by atoms with Crippen molar-refractivity contribution in [3.63, 3.8) is 0 Å². The number of halogens is 3. The summed E-state index contributed by atoms with van der Waals surface area (Å²) in [4.78, 5) is 12.6. The molecular formula is C21H20F3N3O3S2. The molecule has 3 aromatic rings. The Labute approximate surface area is 191 Å². The zero-order chi connectivity index (χ0) is 23.1. The van der Waals surface area contributed by atoms with E-state index >= 15 is 0 Å². The van der Waals surface area contributed by atoms with Gasteiger partial charge in [-0.2, -0.15) is 13.2 Å². The van der Waals surface area contributed by atoms with E-state index in [0.29, 0.717) is 45.5 Å². The van der Waals surface area contributed by atoms with Crippen molar-refractivity contribution >= 4 is 34.1 Å². The molecule has 0 aliphatic heterocycles. The predicted molar refractivity (Wildman–Crippen MR) is 118 cm³/mol. The first-order valence-electron chi connectivity index (χ1n) is 9.63. The van der Waals surface area contributed by atoms with Gasteiger partial charge in [-0.3, -0.25) is 10.1 Å². The lowest BCUT2D eigenvalue weighted by atomic mass is 10.1. The number of anilines is 1. The maximum atomic E-state index is 12.6. The van der Waals surface area contributed by atoms with Crippen molar-refractivity contribution in [1.82, 2.24) is 10.2 Å². The molecule has 3 rings (SSSR count). The van der Waals surface area contributed by atoms with Crippen LogP contribution < -0.4 is 14.8 Å². The van der Waals surface area contributed by atoms with Gasteiger partial charge in [0.25, 0.3) is 5.91 Å². The molecule has 0 saturated heterocycles. The Hall–Kier alpha value is -2.79. The Kier molecular flexibility index (Phi) is 7.97. The molecule has 0 radical (unpaired) electrons. The number of amides is 1. The van der Waals surface area contributed by atoms with Crippen molar-refractivity contribution in [2.24, 2.45) is 0 Å². The largest absolute Gasteiger partial charge is 0.490 e. The molecule has 0 saturated carbocycles. The van der Waals surface area contributed by atoms with Crippen LogP contribution >= 0.6 is 23.1 Å². The van der Waals surface area contributed by atoms with E-state index in [4.69, 9.17) is 9.47 Å². The number of nitrogens with one attached hydrogen (secondary N) is 1. The number of benzene rings is 2. The highest BCUT2D eigenvalue weighted by Crippen LogP contribution is 2.32. The molecule has 1 aromatic heterocycles. The van der Waals surface area contributed by atoms with Crippen LogP contribution in [0.25, 0.3) is 0 Å². The van der Waals surface area contributed by atoms with Gasteiger partial charge in [-0.25, -0.2) is 0 Å². The van der Waals surface area contributed by atoms with Gasteiger partial charge in [-0.05, 0) is 49.7 Å². The fourth-order valence-corrected chi connectivity index (χ4v) is 4.32. The second-order valence-electron chi connectivity index (χ2n) is 6.34. The van der Waals surface area contributed by atoms with Crippen LogP contribution in [0.1, 0.15) is 35.3 Å². The van der Waals surface area contributed by atoms with Gasteiger partial charge in [0, 0.05) is 11.3 Å². The van der Waals surface area contributed by atoms with Gasteiger partial charge in [0.2, 0.25) is 5.13 Å². The molecule has 0 spiro atoms. The van der Waals surface area contributed by atoms with E-state index in [1.807, 2.05) is 13.8 Å².